The van der Waals surface area contributed by atoms with Crippen LogP contribution in [0.4, 0.5) is 0 Å². The summed E-state index contributed by atoms with van der Waals surface area (Å²) in [5.41, 5.74) is 1.25. The Morgan fingerprint density at radius 1 is 1.56 bits per heavy atom. The van der Waals surface area contributed by atoms with Crippen molar-refractivity contribution in [1.29, 1.82) is 0 Å². The van der Waals surface area contributed by atoms with Crippen LogP contribution in [0.15, 0.2) is 24.4 Å². The second-order valence-corrected chi connectivity index (χ2v) is 4.88. The fraction of sp³-hybridized carbons (Fsp3) is 0.286. The summed E-state index contributed by atoms with van der Waals surface area (Å²) >= 11 is 6.17. The van der Waals surface area contributed by atoms with Crippen molar-refractivity contribution in [2.24, 2.45) is 5.92 Å². The maximum absolute atomic E-state index is 10.5. The van der Waals surface area contributed by atoms with Crippen molar-refractivity contribution in [2.75, 3.05) is 0 Å². The van der Waals surface area contributed by atoms with Crippen LogP contribution in [0, 0.1) is 5.92 Å². The maximum atomic E-state index is 10.5. The molecule has 1 unspecified atom stereocenters. The van der Waals surface area contributed by atoms with Gasteiger partial charge < -0.3 is 9.90 Å². The van der Waals surface area contributed by atoms with Gasteiger partial charge in [-0.1, -0.05) is 18.5 Å². The highest BCUT2D eigenvalue weighted by atomic mass is 35.5. The average molecular weight is 264 g/mol. The Kier molecular flexibility index (Phi) is 3.82. The lowest BCUT2D eigenvalue weighted by Crippen LogP contribution is -2.01. The van der Waals surface area contributed by atoms with Gasteiger partial charge in [-0.2, -0.15) is 0 Å². The molecule has 4 heteroatoms. The number of rotatable bonds is 4. The predicted molar refractivity (Wildman–Crippen MR) is 72.0 cm³/mol. The van der Waals surface area contributed by atoms with Crippen LogP contribution >= 0.6 is 11.6 Å². The van der Waals surface area contributed by atoms with Gasteiger partial charge in [-0.3, -0.25) is 4.98 Å². The number of pyridine rings is 1. The molecule has 1 heterocycles. The Balaban J connectivity index is 2.46. The zero-order valence-corrected chi connectivity index (χ0v) is 10.8. The van der Waals surface area contributed by atoms with E-state index >= 15 is 0 Å². The number of aromatic hydroxyl groups is 1. The Hall–Kier alpha value is -1.61. The molecule has 2 aromatic rings. The van der Waals surface area contributed by atoms with E-state index in [4.69, 9.17) is 11.6 Å². The van der Waals surface area contributed by atoms with Crippen molar-refractivity contribution in [3.63, 3.8) is 0 Å². The monoisotopic (exact) mass is 263 g/mol. The Labute approximate surface area is 110 Å². The highest BCUT2D eigenvalue weighted by molar-refractivity contribution is 6.35. The highest BCUT2D eigenvalue weighted by Crippen LogP contribution is 2.34. The first-order chi connectivity index (χ1) is 8.63. The quantitative estimate of drug-likeness (QED) is 0.861. The standard InChI is InChI=1S/C14H14ClNO2/c1-9(4-6-17)7-10-8-12(15)11-3-2-5-16-13(11)14(10)18/h2-3,5-6,8-9,18H,4,7H2,1H3. The molecule has 2 rings (SSSR count). The van der Waals surface area contributed by atoms with E-state index in [1.54, 1.807) is 18.3 Å². The van der Waals surface area contributed by atoms with E-state index in [0.29, 0.717) is 23.4 Å². The van der Waals surface area contributed by atoms with Crippen molar-refractivity contribution < 1.29 is 9.90 Å². The number of halogens is 1. The molecule has 3 nitrogen and oxygen atoms in total. The molecule has 1 atom stereocenters. The van der Waals surface area contributed by atoms with Gasteiger partial charge in [0.1, 0.15) is 17.6 Å². The number of carbonyl (C=O) groups is 1. The van der Waals surface area contributed by atoms with Gasteiger partial charge in [0, 0.05) is 18.0 Å². The highest BCUT2D eigenvalue weighted by Gasteiger charge is 2.13. The van der Waals surface area contributed by atoms with E-state index in [1.165, 1.54) is 0 Å². The summed E-state index contributed by atoms with van der Waals surface area (Å²) in [6.45, 7) is 1.96. The minimum Gasteiger partial charge on any atom is -0.505 e. The van der Waals surface area contributed by atoms with Crippen LogP contribution in [0.5, 0.6) is 5.75 Å². The minimum absolute atomic E-state index is 0.160. The largest absolute Gasteiger partial charge is 0.505 e. The van der Waals surface area contributed by atoms with Crippen molar-refractivity contribution >= 4 is 28.8 Å². The zero-order chi connectivity index (χ0) is 13.1. The van der Waals surface area contributed by atoms with Gasteiger partial charge in [-0.25, -0.2) is 0 Å². The lowest BCUT2D eigenvalue weighted by Gasteiger charge is -2.12. The van der Waals surface area contributed by atoms with Crippen molar-refractivity contribution in [3.8, 4) is 5.75 Å². The molecule has 0 saturated heterocycles. The molecule has 0 aliphatic carbocycles. The third kappa shape index (κ3) is 2.46. The van der Waals surface area contributed by atoms with Crippen LogP contribution in [0.1, 0.15) is 18.9 Å². The zero-order valence-electron chi connectivity index (χ0n) is 10.1. The number of benzene rings is 1. The van der Waals surface area contributed by atoms with Crippen LogP contribution in [0.3, 0.4) is 0 Å². The SMILES string of the molecule is CC(CC=O)Cc1cc(Cl)c2cccnc2c1O. The molecule has 1 aromatic heterocycles. The smallest absolute Gasteiger partial charge is 0.145 e. The molecule has 18 heavy (non-hydrogen) atoms. The second-order valence-electron chi connectivity index (χ2n) is 4.48. The molecule has 0 amide bonds. The van der Waals surface area contributed by atoms with E-state index in [2.05, 4.69) is 4.98 Å². The molecule has 1 N–H and O–H groups in total. The first-order valence-corrected chi connectivity index (χ1v) is 6.20. The number of phenols is 1. The minimum atomic E-state index is 0.160. The number of hydrogen-bond acceptors (Lipinski definition) is 3. The fourth-order valence-corrected chi connectivity index (χ4v) is 2.30. The maximum Gasteiger partial charge on any atom is 0.145 e. The van der Waals surface area contributed by atoms with Crippen LogP contribution in [0.25, 0.3) is 10.9 Å². The molecule has 1 aromatic carbocycles. The van der Waals surface area contributed by atoms with E-state index in [-0.39, 0.29) is 11.7 Å². The van der Waals surface area contributed by atoms with E-state index in [1.807, 2.05) is 13.0 Å². The molecule has 0 bridgehead atoms. The number of phenolic OH excluding ortho intramolecular Hbond substituents is 1. The number of nitrogens with zero attached hydrogens (tertiary/aromatic N) is 1. The van der Waals surface area contributed by atoms with Crippen LogP contribution < -0.4 is 0 Å². The third-order valence-corrected chi connectivity index (χ3v) is 3.27. The topological polar surface area (TPSA) is 50.2 Å². The number of fused-ring (bicyclic) bond motifs is 1. The van der Waals surface area contributed by atoms with Gasteiger partial charge in [0.05, 0.1) is 5.02 Å². The molecule has 0 radical (unpaired) electrons. The first kappa shape index (κ1) is 12.8. The molecule has 0 fully saturated rings. The molecule has 94 valence electrons. The summed E-state index contributed by atoms with van der Waals surface area (Å²) in [5.74, 6) is 0.332. The van der Waals surface area contributed by atoms with Crippen molar-refractivity contribution in [2.45, 2.75) is 19.8 Å². The van der Waals surface area contributed by atoms with E-state index < -0.39 is 0 Å². The van der Waals surface area contributed by atoms with Gasteiger partial charge in [0.2, 0.25) is 0 Å². The summed E-state index contributed by atoms with van der Waals surface area (Å²) in [6, 6.07) is 5.35. The lowest BCUT2D eigenvalue weighted by molar-refractivity contribution is -0.108. The average Bonchev–Trinajstić information content (AvgIpc) is 2.36. The van der Waals surface area contributed by atoms with Gasteiger partial charge >= 0.3 is 0 Å². The predicted octanol–water partition coefficient (Wildman–Crippen LogP) is 3.36. The van der Waals surface area contributed by atoms with E-state index in [0.717, 1.165) is 17.2 Å². The number of aromatic nitrogens is 1. The number of aldehydes is 1. The second kappa shape index (κ2) is 5.36. The lowest BCUT2D eigenvalue weighted by atomic mass is 9.97. The summed E-state index contributed by atoms with van der Waals surface area (Å²) in [7, 11) is 0. The molecule has 0 aliphatic rings. The van der Waals surface area contributed by atoms with Crippen LogP contribution in [0.2, 0.25) is 5.02 Å². The summed E-state index contributed by atoms with van der Waals surface area (Å²) < 4.78 is 0. The van der Waals surface area contributed by atoms with Gasteiger partial charge in [-0.15, -0.1) is 0 Å². The van der Waals surface area contributed by atoms with Gasteiger partial charge in [-0.05, 0) is 36.1 Å². The summed E-state index contributed by atoms with van der Waals surface area (Å²) in [4.78, 5) is 14.6. The van der Waals surface area contributed by atoms with E-state index in [9.17, 15) is 9.90 Å². The summed E-state index contributed by atoms with van der Waals surface area (Å²) in [6.07, 6.45) is 3.59. The Morgan fingerprint density at radius 3 is 3.06 bits per heavy atom. The first-order valence-electron chi connectivity index (χ1n) is 5.82. The van der Waals surface area contributed by atoms with Gasteiger partial charge in [0.15, 0.2) is 0 Å². The van der Waals surface area contributed by atoms with Gasteiger partial charge in [0.25, 0.3) is 0 Å². The van der Waals surface area contributed by atoms with Crippen molar-refractivity contribution in [1.82, 2.24) is 4.98 Å². The summed E-state index contributed by atoms with van der Waals surface area (Å²) in [5, 5.41) is 11.5. The molecule has 0 spiro atoms. The van der Waals surface area contributed by atoms with Crippen LogP contribution in [-0.2, 0) is 11.2 Å². The number of carbonyl (C=O) groups excluding carboxylic acids is 1. The Morgan fingerprint density at radius 2 is 2.33 bits per heavy atom. The fourth-order valence-electron chi connectivity index (χ4n) is 2.02. The molecular weight excluding hydrogens is 250 g/mol. The molecular formula is C14H14ClNO2. The van der Waals surface area contributed by atoms with Crippen LogP contribution in [-0.4, -0.2) is 16.4 Å². The Bertz CT molecular complexity index is 583. The molecule has 0 saturated carbocycles. The number of hydrogen-bond donors (Lipinski definition) is 1. The third-order valence-electron chi connectivity index (χ3n) is 2.96. The normalized spacial score (nSPS) is 12.6. The van der Waals surface area contributed by atoms with Crippen molar-refractivity contribution in [3.05, 3.63) is 35.0 Å². The molecule has 0 aliphatic heterocycles.